The van der Waals surface area contributed by atoms with E-state index >= 15 is 0 Å². The van der Waals surface area contributed by atoms with Crippen LogP contribution in [0.5, 0.6) is 0 Å². The molecule has 2 unspecified atom stereocenters. The zero-order valence-corrected chi connectivity index (χ0v) is 12.4. The maximum Gasteiger partial charge on any atom is 0.0937 e. The summed E-state index contributed by atoms with van der Waals surface area (Å²) < 4.78 is 0. The lowest BCUT2D eigenvalue weighted by Gasteiger charge is -2.37. The van der Waals surface area contributed by atoms with Gasteiger partial charge in [-0.2, -0.15) is 0 Å². The number of rotatable bonds is 6. The molecule has 0 radical (unpaired) electrons. The second-order valence-corrected chi connectivity index (χ2v) is 6.28. The molecule has 0 saturated carbocycles. The molecule has 2 heterocycles. The predicted octanol–water partition coefficient (Wildman–Crippen LogP) is 2.40. The standard InChI is InChI=1S/C14H25N3S/c1-3-6-15-13-4-8-17(11-12(13)2)9-5-14-16-7-10-18-14/h7,10,12-13,15H,3-6,8-9,11H2,1-2H3. The summed E-state index contributed by atoms with van der Waals surface area (Å²) >= 11 is 1.77. The Bertz CT molecular complexity index is 326. The highest BCUT2D eigenvalue weighted by molar-refractivity contribution is 7.09. The Morgan fingerprint density at radius 3 is 3.11 bits per heavy atom. The van der Waals surface area contributed by atoms with E-state index in [0.717, 1.165) is 24.9 Å². The van der Waals surface area contributed by atoms with E-state index in [2.05, 4.69) is 34.4 Å². The van der Waals surface area contributed by atoms with Crippen LogP contribution >= 0.6 is 11.3 Å². The summed E-state index contributed by atoms with van der Waals surface area (Å²) in [5, 5.41) is 7.01. The van der Waals surface area contributed by atoms with Crippen LogP contribution in [0.15, 0.2) is 11.6 Å². The first-order chi connectivity index (χ1) is 8.79. The summed E-state index contributed by atoms with van der Waals surface area (Å²) in [5.74, 6) is 0.765. The summed E-state index contributed by atoms with van der Waals surface area (Å²) in [6.07, 6.45) is 5.54. The summed E-state index contributed by atoms with van der Waals surface area (Å²) in [7, 11) is 0. The minimum absolute atomic E-state index is 0.723. The molecular weight excluding hydrogens is 242 g/mol. The Morgan fingerprint density at radius 1 is 1.56 bits per heavy atom. The molecule has 1 aromatic rings. The molecule has 4 heteroatoms. The highest BCUT2D eigenvalue weighted by atomic mass is 32.1. The van der Waals surface area contributed by atoms with E-state index in [-0.39, 0.29) is 0 Å². The van der Waals surface area contributed by atoms with Gasteiger partial charge in [-0.1, -0.05) is 13.8 Å². The van der Waals surface area contributed by atoms with Gasteiger partial charge in [0, 0.05) is 37.1 Å². The normalized spacial score (nSPS) is 25.4. The molecular formula is C14H25N3S. The number of aromatic nitrogens is 1. The van der Waals surface area contributed by atoms with Crippen molar-refractivity contribution in [2.75, 3.05) is 26.2 Å². The third kappa shape index (κ3) is 4.04. The topological polar surface area (TPSA) is 28.2 Å². The molecule has 18 heavy (non-hydrogen) atoms. The van der Waals surface area contributed by atoms with Crippen molar-refractivity contribution in [2.45, 2.75) is 39.2 Å². The first-order valence-electron chi connectivity index (χ1n) is 7.13. The van der Waals surface area contributed by atoms with Crippen LogP contribution in [0.25, 0.3) is 0 Å². The number of hydrogen-bond donors (Lipinski definition) is 1. The molecule has 1 aromatic heterocycles. The molecule has 0 aliphatic carbocycles. The van der Waals surface area contributed by atoms with E-state index < -0.39 is 0 Å². The van der Waals surface area contributed by atoms with Gasteiger partial charge in [-0.05, 0) is 31.8 Å². The fourth-order valence-corrected chi connectivity index (χ4v) is 3.31. The Morgan fingerprint density at radius 2 is 2.44 bits per heavy atom. The largest absolute Gasteiger partial charge is 0.314 e. The average molecular weight is 267 g/mol. The van der Waals surface area contributed by atoms with Crippen LogP contribution in [0.1, 0.15) is 31.7 Å². The Hall–Kier alpha value is -0.450. The average Bonchev–Trinajstić information content (AvgIpc) is 2.88. The number of thiazole rings is 1. The lowest BCUT2D eigenvalue weighted by Crippen LogP contribution is -2.48. The van der Waals surface area contributed by atoms with Gasteiger partial charge in [-0.15, -0.1) is 11.3 Å². The molecule has 1 N–H and O–H groups in total. The van der Waals surface area contributed by atoms with Crippen LogP contribution in [0, 0.1) is 5.92 Å². The molecule has 1 saturated heterocycles. The number of piperidine rings is 1. The fourth-order valence-electron chi connectivity index (χ4n) is 2.70. The summed E-state index contributed by atoms with van der Waals surface area (Å²) in [4.78, 5) is 6.95. The lowest BCUT2D eigenvalue weighted by atomic mass is 9.93. The SMILES string of the molecule is CCCNC1CCN(CCc2nccs2)CC1C. The van der Waals surface area contributed by atoms with Gasteiger partial charge in [0.15, 0.2) is 0 Å². The predicted molar refractivity (Wildman–Crippen MR) is 78.1 cm³/mol. The molecule has 3 nitrogen and oxygen atoms in total. The fraction of sp³-hybridized carbons (Fsp3) is 0.786. The Labute approximate surface area is 115 Å². The number of likely N-dealkylation sites (tertiary alicyclic amines) is 1. The number of hydrogen-bond acceptors (Lipinski definition) is 4. The lowest BCUT2D eigenvalue weighted by molar-refractivity contribution is 0.149. The highest BCUT2D eigenvalue weighted by Gasteiger charge is 2.25. The zero-order chi connectivity index (χ0) is 12.8. The number of nitrogens with one attached hydrogen (secondary N) is 1. The van der Waals surface area contributed by atoms with Crippen molar-refractivity contribution in [3.63, 3.8) is 0 Å². The molecule has 1 aliphatic heterocycles. The van der Waals surface area contributed by atoms with Gasteiger partial charge in [-0.25, -0.2) is 4.98 Å². The van der Waals surface area contributed by atoms with Crippen LogP contribution in [0.4, 0.5) is 0 Å². The van der Waals surface area contributed by atoms with Crippen molar-refractivity contribution in [1.29, 1.82) is 0 Å². The van der Waals surface area contributed by atoms with Crippen LogP contribution in [0.3, 0.4) is 0 Å². The molecule has 0 bridgehead atoms. The van der Waals surface area contributed by atoms with Crippen molar-refractivity contribution in [2.24, 2.45) is 5.92 Å². The van der Waals surface area contributed by atoms with Crippen molar-refractivity contribution >= 4 is 11.3 Å². The molecule has 0 aromatic carbocycles. The van der Waals surface area contributed by atoms with E-state index in [1.807, 2.05) is 6.20 Å². The van der Waals surface area contributed by atoms with Gasteiger partial charge in [0.05, 0.1) is 5.01 Å². The van der Waals surface area contributed by atoms with E-state index in [1.165, 1.54) is 37.5 Å². The van der Waals surface area contributed by atoms with Crippen molar-refractivity contribution < 1.29 is 0 Å². The number of nitrogens with zero attached hydrogens (tertiary/aromatic N) is 2. The van der Waals surface area contributed by atoms with Crippen LogP contribution < -0.4 is 5.32 Å². The van der Waals surface area contributed by atoms with Crippen molar-refractivity contribution in [1.82, 2.24) is 15.2 Å². The maximum absolute atomic E-state index is 4.35. The van der Waals surface area contributed by atoms with E-state index in [1.54, 1.807) is 11.3 Å². The molecule has 0 amide bonds. The third-order valence-corrected chi connectivity index (χ3v) is 4.61. The van der Waals surface area contributed by atoms with Crippen molar-refractivity contribution in [3.05, 3.63) is 16.6 Å². The second kappa shape index (κ2) is 7.22. The van der Waals surface area contributed by atoms with Gasteiger partial charge in [0.2, 0.25) is 0 Å². The minimum atomic E-state index is 0.723. The van der Waals surface area contributed by atoms with E-state index in [0.29, 0.717) is 0 Å². The molecule has 2 rings (SSSR count). The molecule has 0 spiro atoms. The van der Waals surface area contributed by atoms with Gasteiger partial charge in [0.1, 0.15) is 0 Å². The van der Waals surface area contributed by atoms with Crippen molar-refractivity contribution in [3.8, 4) is 0 Å². The molecule has 1 aliphatic rings. The van der Waals surface area contributed by atoms with E-state index in [9.17, 15) is 0 Å². The maximum atomic E-state index is 4.35. The first kappa shape index (κ1) is 14.0. The Kier molecular flexibility index (Phi) is 5.60. The van der Waals surface area contributed by atoms with Crippen LogP contribution in [-0.4, -0.2) is 42.1 Å². The summed E-state index contributed by atoms with van der Waals surface area (Å²) in [5.41, 5.74) is 0. The minimum Gasteiger partial charge on any atom is -0.314 e. The first-order valence-corrected chi connectivity index (χ1v) is 8.01. The monoisotopic (exact) mass is 267 g/mol. The highest BCUT2D eigenvalue weighted by Crippen LogP contribution is 2.17. The zero-order valence-electron chi connectivity index (χ0n) is 11.6. The molecule has 1 fully saturated rings. The Balaban J connectivity index is 1.70. The molecule has 102 valence electrons. The van der Waals surface area contributed by atoms with Crippen LogP contribution in [0.2, 0.25) is 0 Å². The van der Waals surface area contributed by atoms with Gasteiger partial charge in [0.25, 0.3) is 0 Å². The summed E-state index contributed by atoms with van der Waals surface area (Å²) in [6.45, 7) is 9.40. The second-order valence-electron chi connectivity index (χ2n) is 5.30. The van der Waals surface area contributed by atoms with Crippen LogP contribution in [-0.2, 0) is 6.42 Å². The smallest absolute Gasteiger partial charge is 0.0937 e. The van der Waals surface area contributed by atoms with Gasteiger partial charge < -0.3 is 10.2 Å². The van der Waals surface area contributed by atoms with Gasteiger partial charge in [-0.3, -0.25) is 0 Å². The van der Waals surface area contributed by atoms with E-state index in [4.69, 9.17) is 0 Å². The molecule has 2 atom stereocenters. The quantitative estimate of drug-likeness (QED) is 0.858. The summed E-state index contributed by atoms with van der Waals surface area (Å²) in [6, 6.07) is 0.723. The van der Waals surface area contributed by atoms with Gasteiger partial charge >= 0.3 is 0 Å². The third-order valence-electron chi connectivity index (χ3n) is 3.77.